The monoisotopic (exact) mass is 393 g/mol. The van der Waals surface area contributed by atoms with Gasteiger partial charge in [-0.25, -0.2) is 8.42 Å². The Hall–Kier alpha value is -1.31. The highest BCUT2D eigenvalue weighted by atomic mass is 35.5. The van der Waals surface area contributed by atoms with Gasteiger partial charge in [-0.15, -0.1) is 0 Å². The molecule has 1 atom stereocenters. The third-order valence-corrected chi connectivity index (χ3v) is 6.30. The van der Waals surface area contributed by atoms with Gasteiger partial charge < -0.3 is 10.1 Å². The third-order valence-electron chi connectivity index (χ3n) is 3.69. The average molecular weight is 394 g/mol. The Bertz CT molecular complexity index is 745. The molecule has 0 bridgehead atoms. The molecule has 0 radical (unpaired) electrons. The molecule has 0 spiro atoms. The topological polar surface area (TPSA) is 89.5 Å². The Morgan fingerprint density at radius 1 is 1.29 bits per heavy atom. The minimum Gasteiger partial charge on any atom is -0.455 e. The van der Waals surface area contributed by atoms with Gasteiger partial charge in [0.1, 0.15) is 0 Å². The Morgan fingerprint density at radius 2 is 1.92 bits per heavy atom. The van der Waals surface area contributed by atoms with Crippen molar-refractivity contribution in [3.8, 4) is 0 Å². The summed E-state index contributed by atoms with van der Waals surface area (Å²) in [6, 6.07) is 4.86. The zero-order valence-electron chi connectivity index (χ0n) is 13.0. The van der Waals surface area contributed by atoms with Crippen LogP contribution in [0.15, 0.2) is 18.2 Å². The standard InChI is InChI=1S/C15H17Cl2NO5S/c1-15(5-6-24(21,22)9-15)18-13(19)8-23-14(20)7-10-11(16)3-2-4-12(10)17/h2-4H,5-9H2,1H3,(H,18,19)/t15-/m1/s1. The molecule has 0 saturated carbocycles. The predicted molar refractivity (Wildman–Crippen MR) is 90.9 cm³/mol. The number of sulfone groups is 1. The van der Waals surface area contributed by atoms with Crippen LogP contribution in [0.5, 0.6) is 0 Å². The van der Waals surface area contributed by atoms with Crippen LogP contribution in [0, 0.1) is 0 Å². The largest absolute Gasteiger partial charge is 0.455 e. The van der Waals surface area contributed by atoms with Crippen LogP contribution >= 0.6 is 23.2 Å². The number of amides is 1. The summed E-state index contributed by atoms with van der Waals surface area (Å²) in [6.07, 6.45) is 0.182. The second-order valence-corrected chi connectivity index (χ2v) is 8.99. The van der Waals surface area contributed by atoms with Crippen LogP contribution in [0.2, 0.25) is 10.0 Å². The molecule has 6 nitrogen and oxygen atoms in total. The second kappa shape index (κ2) is 7.29. The number of rotatable bonds is 5. The molecule has 0 aliphatic carbocycles. The van der Waals surface area contributed by atoms with Crippen LogP contribution in [0.1, 0.15) is 18.9 Å². The quantitative estimate of drug-likeness (QED) is 0.769. The van der Waals surface area contributed by atoms with E-state index in [-0.39, 0.29) is 17.9 Å². The van der Waals surface area contributed by atoms with Crippen LogP contribution < -0.4 is 5.32 Å². The minimum atomic E-state index is -3.13. The first-order valence-corrected chi connectivity index (χ1v) is 9.78. The number of halogens is 2. The van der Waals surface area contributed by atoms with Crippen LogP contribution in [-0.4, -0.2) is 43.9 Å². The van der Waals surface area contributed by atoms with Gasteiger partial charge in [0.2, 0.25) is 0 Å². The van der Waals surface area contributed by atoms with Crippen LogP contribution in [0.3, 0.4) is 0 Å². The van der Waals surface area contributed by atoms with Crippen molar-refractivity contribution in [2.75, 3.05) is 18.1 Å². The first kappa shape index (κ1) is 19.0. The van der Waals surface area contributed by atoms with E-state index in [4.69, 9.17) is 27.9 Å². The van der Waals surface area contributed by atoms with Crippen LogP contribution in [-0.2, 0) is 30.6 Å². The van der Waals surface area contributed by atoms with E-state index < -0.39 is 33.9 Å². The highest BCUT2D eigenvalue weighted by molar-refractivity contribution is 7.91. The Labute approximate surface area is 150 Å². The number of hydrogen-bond donors (Lipinski definition) is 1. The number of nitrogens with one attached hydrogen (secondary N) is 1. The van der Waals surface area contributed by atoms with E-state index in [2.05, 4.69) is 5.32 Å². The minimum absolute atomic E-state index is 0.0363. The normalized spacial score (nSPS) is 22.1. The molecule has 0 unspecified atom stereocenters. The van der Waals surface area contributed by atoms with E-state index in [9.17, 15) is 18.0 Å². The van der Waals surface area contributed by atoms with Crippen molar-refractivity contribution in [3.05, 3.63) is 33.8 Å². The molecule has 1 amide bonds. The van der Waals surface area contributed by atoms with E-state index in [0.717, 1.165) is 0 Å². The Kier molecular flexibility index (Phi) is 5.78. The van der Waals surface area contributed by atoms with E-state index in [1.807, 2.05) is 0 Å². The number of hydrogen-bond acceptors (Lipinski definition) is 5. The molecule has 1 aliphatic rings. The summed E-state index contributed by atoms with van der Waals surface area (Å²) in [6.45, 7) is 1.16. The van der Waals surface area contributed by atoms with Gasteiger partial charge in [-0.2, -0.15) is 0 Å². The molecule has 0 aromatic heterocycles. The van der Waals surface area contributed by atoms with E-state index in [1.165, 1.54) is 0 Å². The van der Waals surface area contributed by atoms with Gasteiger partial charge in [0.25, 0.3) is 5.91 Å². The fourth-order valence-corrected chi connectivity index (χ4v) is 5.15. The molecule has 1 aliphatic heterocycles. The highest BCUT2D eigenvalue weighted by Gasteiger charge is 2.39. The first-order valence-electron chi connectivity index (χ1n) is 7.20. The van der Waals surface area contributed by atoms with Crippen molar-refractivity contribution >= 4 is 44.9 Å². The summed E-state index contributed by atoms with van der Waals surface area (Å²) in [4.78, 5) is 23.7. The Balaban J connectivity index is 1.85. The molecule has 2 rings (SSSR count). The zero-order chi connectivity index (χ0) is 18.0. The fourth-order valence-electron chi connectivity index (χ4n) is 2.52. The van der Waals surface area contributed by atoms with Gasteiger partial charge >= 0.3 is 5.97 Å². The maximum absolute atomic E-state index is 11.9. The average Bonchev–Trinajstić information content (AvgIpc) is 2.74. The summed E-state index contributed by atoms with van der Waals surface area (Å²) in [5.41, 5.74) is -0.394. The maximum Gasteiger partial charge on any atom is 0.310 e. The summed E-state index contributed by atoms with van der Waals surface area (Å²) in [7, 11) is -3.13. The SMILES string of the molecule is C[C@@]1(NC(=O)COC(=O)Cc2c(Cl)cccc2Cl)CCS(=O)(=O)C1. The molecule has 9 heteroatoms. The molecular weight excluding hydrogens is 377 g/mol. The van der Waals surface area contributed by atoms with Gasteiger partial charge in [-0.3, -0.25) is 9.59 Å². The smallest absolute Gasteiger partial charge is 0.310 e. The van der Waals surface area contributed by atoms with Crippen molar-refractivity contribution < 1.29 is 22.7 Å². The first-order chi connectivity index (χ1) is 11.1. The maximum atomic E-state index is 11.9. The van der Waals surface area contributed by atoms with E-state index in [1.54, 1.807) is 25.1 Å². The van der Waals surface area contributed by atoms with Crippen molar-refractivity contribution in [1.82, 2.24) is 5.32 Å². The summed E-state index contributed by atoms with van der Waals surface area (Å²) in [5, 5.41) is 3.29. The van der Waals surface area contributed by atoms with E-state index in [0.29, 0.717) is 22.0 Å². The molecule has 1 aromatic carbocycles. The summed E-state index contributed by atoms with van der Waals surface area (Å²) < 4.78 is 27.9. The van der Waals surface area contributed by atoms with Gasteiger partial charge in [0.15, 0.2) is 16.4 Å². The molecule has 132 valence electrons. The lowest BCUT2D eigenvalue weighted by Crippen LogP contribution is -2.48. The third kappa shape index (κ3) is 5.09. The summed E-state index contributed by atoms with van der Waals surface area (Å²) in [5.74, 6) is -1.28. The van der Waals surface area contributed by atoms with Crippen LogP contribution in [0.4, 0.5) is 0 Å². The highest BCUT2D eigenvalue weighted by Crippen LogP contribution is 2.25. The van der Waals surface area contributed by atoms with Gasteiger partial charge in [0.05, 0.1) is 23.5 Å². The molecule has 24 heavy (non-hydrogen) atoms. The van der Waals surface area contributed by atoms with Crippen LogP contribution in [0.25, 0.3) is 0 Å². The van der Waals surface area contributed by atoms with E-state index >= 15 is 0 Å². The number of carbonyl (C=O) groups excluding carboxylic acids is 2. The summed E-state index contributed by atoms with van der Waals surface area (Å²) >= 11 is 11.9. The van der Waals surface area contributed by atoms with Crippen molar-refractivity contribution in [2.45, 2.75) is 25.3 Å². The van der Waals surface area contributed by atoms with Gasteiger partial charge in [-0.1, -0.05) is 29.3 Å². The number of esters is 1. The van der Waals surface area contributed by atoms with Crippen molar-refractivity contribution in [3.63, 3.8) is 0 Å². The zero-order valence-corrected chi connectivity index (χ0v) is 15.3. The number of carbonyl (C=O) groups is 2. The molecule has 1 saturated heterocycles. The lowest BCUT2D eigenvalue weighted by molar-refractivity contribution is -0.148. The molecule has 1 fully saturated rings. The van der Waals surface area contributed by atoms with Gasteiger partial charge in [-0.05, 0) is 25.5 Å². The fraction of sp³-hybridized carbons (Fsp3) is 0.467. The lowest BCUT2D eigenvalue weighted by Gasteiger charge is -2.23. The predicted octanol–water partition coefficient (Wildman–Crippen LogP) is 1.77. The van der Waals surface area contributed by atoms with Crippen molar-refractivity contribution in [2.24, 2.45) is 0 Å². The number of ether oxygens (including phenoxy) is 1. The second-order valence-electron chi connectivity index (χ2n) is 5.99. The van der Waals surface area contributed by atoms with Gasteiger partial charge in [0, 0.05) is 15.6 Å². The molecule has 1 heterocycles. The molecular formula is C15H17Cl2NO5S. The van der Waals surface area contributed by atoms with Crippen molar-refractivity contribution in [1.29, 1.82) is 0 Å². The lowest BCUT2D eigenvalue weighted by atomic mass is 10.0. The molecule has 1 aromatic rings. The Morgan fingerprint density at radius 3 is 2.46 bits per heavy atom. The number of benzene rings is 1. The molecule has 1 N–H and O–H groups in total.